The van der Waals surface area contributed by atoms with Gasteiger partial charge in [-0.1, -0.05) is 57.5 Å². The summed E-state index contributed by atoms with van der Waals surface area (Å²) in [6, 6.07) is 7.85. The van der Waals surface area contributed by atoms with Gasteiger partial charge in [-0.3, -0.25) is 14.4 Å². The molecule has 1 aromatic carbocycles. The Hall–Kier alpha value is -3.13. The van der Waals surface area contributed by atoms with Crippen LogP contribution in [0.5, 0.6) is 0 Å². The first-order chi connectivity index (χ1) is 20.3. The normalized spacial score (nSPS) is 38.9. The van der Waals surface area contributed by atoms with E-state index in [9.17, 15) is 19.5 Å². The molecule has 4 aliphatic rings. The molecule has 0 heterocycles. The Morgan fingerprint density at radius 1 is 1.09 bits per heavy atom. The maximum Gasteiger partial charge on any atom is 0.306 e. The monoisotopic (exact) mass is 593 g/mol. The highest BCUT2D eigenvalue weighted by Crippen LogP contribution is 2.71. The molecule has 1 aromatic rings. The number of hydrogen-bond donors (Lipinski definition) is 1. The van der Waals surface area contributed by atoms with Gasteiger partial charge in [0.05, 0.1) is 17.5 Å². The Morgan fingerprint density at radius 3 is 2.47 bits per heavy atom. The van der Waals surface area contributed by atoms with Gasteiger partial charge >= 0.3 is 11.9 Å². The van der Waals surface area contributed by atoms with E-state index < -0.39 is 64.4 Å². The number of hydrogen-bond acceptors (Lipinski definition) is 7. The van der Waals surface area contributed by atoms with Crippen molar-refractivity contribution in [1.29, 1.82) is 0 Å². The van der Waals surface area contributed by atoms with Crippen LogP contribution in [0.25, 0.3) is 0 Å². The van der Waals surface area contributed by atoms with Gasteiger partial charge in [0, 0.05) is 35.5 Å². The molecule has 1 N–H and O–H groups in total. The van der Waals surface area contributed by atoms with Crippen molar-refractivity contribution in [1.82, 2.24) is 0 Å². The first-order valence-corrected chi connectivity index (χ1v) is 15.6. The van der Waals surface area contributed by atoms with Crippen LogP contribution in [0, 0.1) is 35.5 Å². The number of carbonyl (C=O) groups excluding carboxylic acids is 3. The van der Waals surface area contributed by atoms with Crippen LogP contribution < -0.4 is 0 Å². The third-order valence-corrected chi connectivity index (χ3v) is 11.2. The minimum atomic E-state index is -2.01. The van der Waals surface area contributed by atoms with Crippen molar-refractivity contribution in [2.75, 3.05) is 6.61 Å². The van der Waals surface area contributed by atoms with Crippen molar-refractivity contribution in [3.63, 3.8) is 0 Å². The predicted molar refractivity (Wildman–Crippen MR) is 162 cm³/mol. The van der Waals surface area contributed by atoms with E-state index in [1.54, 1.807) is 13.8 Å². The number of rotatable bonds is 7. The Kier molecular flexibility index (Phi) is 8.08. The second-order valence-corrected chi connectivity index (χ2v) is 13.3. The number of alkyl halides is 1. The zero-order valence-electron chi connectivity index (χ0n) is 26.1. The number of ether oxygens (including phenoxy) is 2. The number of aliphatic imine (C=N–C) groups is 1. The maximum atomic E-state index is 17.9. The molecule has 8 heteroatoms. The third-order valence-electron chi connectivity index (χ3n) is 11.2. The minimum Gasteiger partial charge on any atom is -0.457 e. The van der Waals surface area contributed by atoms with Crippen molar-refractivity contribution in [2.45, 2.75) is 97.4 Å². The first-order valence-electron chi connectivity index (χ1n) is 15.6. The molecule has 5 rings (SSSR count). The van der Waals surface area contributed by atoms with E-state index in [1.165, 1.54) is 0 Å². The summed E-state index contributed by atoms with van der Waals surface area (Å²) in [7, 11) is 0. The van der Waals surface area contributed by atoms with E-state index in [0.29, 0.717) is 19.3 Å². The van der Waals surface area contributed by atoms with Crippen LogP contribution in [0.1, 0.15) is 78.7 Å². The number of allylic oxidation sites excluding steroid dienone is 4. The fourth-order valence-electron chi connectivity index (χ4n) is 8.91. The lowest BCUT2D eigenvalue weighted by Gasteiger charge is -2.62. The van der Waals surface area contributed by atoms with Gasteiger partial charge in [-0.2, -0.15) is 0 Å². The van der Waals surface area contributed by atoms with E-state index in [4.69, 9.17) is 14.5 Å². The maximum absolute atomic E-state index is 17.9. The highest BCUT2D eigenvalue weighted by Gasteiger charge is 2.77. The quantitative estimate of drug-likeness (QED) is 0.371. The molecule has 0 bridgehead atoms. The Morgan fingerprint density at radius 2 is 1.79 bits per heavy atom. The zero-order valence-corrected chi connectivity index (χ0v) is 26.1. The number of carbonyl (C=O) groups is 3. The van der Waals surface area contributed by atoms with Gasteiger partial charge in [-0.25, -0.2) is 9.38 Å². The van der Waals surface area contributed by atoms with Crippen LogP contribution in [-0.2, 0) is 23.9 Å². The van der Waals surface area contributed by atoms with Gasteiger partial charge in [-0.15, -0.1) is 0 Å². The average Bonchev–Trinajstić information content (AvgIpc) is 3.19. The number of benzene rings is 1. The van der Waals surface area contributed by atoms with Gasteiger partial charge in [0.25, 0.3) is 0 Å². The Labute approximate surface area is 253 Å². The van der Waals surface area contributed by atoms with Gasteiger partial charge in [0.2, 0.25) is 5.78 Å². The van der Waals surface area contributed by atoms with Crippen LogP contribution in [0.2, 0.25) is 0 Å². The number of nitrogens with zero attached hydrogens (tertiary/aromatic N) is 1. The van der Waals surface area contributed by atoms with Crippen LogP contribution in [-0.4, -0.2) is 52.5 Å². The smallest absolute Gasteiger partial charge is 0.306 e. The largest absolute Gasteiger partial charge is 0.457 e. The van der Waals surface area contributed by atoms with Crippen LogP contribution in [0.3, 0.4) is 0 Å². The second-order valence-electron chi connectivity index (χ2n) is 13.3. The minimum absolute atomic E-state index is 0.0552. The topological polar surface area (TPSA) is 102 Å². The summed E-state index contributed by atoms with van der Waals surface area (Å²) in [5.41, 5.74) is -2.25. The summed E-state index contributed by atoms with van der Waals surface area (Å²) in [6.07, 6.45) is 5.86. The number of halogens is 1. The highest BCUT2D eigenvalue weighted by molar-refractivity contribution is 6.07. The molecular weight excluding hydrogens is 549 g/mol. The lowest BCUT2D eigenvalue weighted by atomic mass is 9.44. The molecule has 0 radical (unpaired) electrons. The number of fused-ring (bicyclic) bond motifs is 5. The van der Waals surface area contributed by atoms with E-state index in [0.717, 1.165) is 22.5 Å². The Bertz CT molecular complexity index is 1420. The molecule has 232 valence electrons. The summed E-state index contributed by atoms with van der Waals surface area (Å²) in [4.78, 5) is 43.6. The molecule has 0 aliphatic heterocycles. The van der Waals surface area contributed by atoms with Crippen molar-refractivity contribution in [2.24, 2.45) is 33.6 Å². The Balaban J connectivity index is 1.53. The SMILES string of the molecule is CCC(=O)OCC(=O)[C@@]1(OC(=O)CC)[C@@H](C)C[C@H]2[C@@H]3CCC4=CC(=Nc5ccccc5C)C=C[C@]4(C)[C@@]3(F)[C@@H](O)C[C@@]21C. The van der Waals surface area contributed by atoms with Crippen molar-refractivity contribution < 1.29 is 33.4 Å². The van der Waals surface area contributed by atoms with Gasteiger partial charge in [0.15, 0.2) is 17.9 Å². The predicted octanol–water partition coefficient (Wildman–Crippen LogP) is 6.33. The lowest BCUT2D eigenvalue weighted by Crippen LogP contribution is -2.70. The van der Waals surface area contributed by atoms with E-state index in [1.807, 2.05) is 70.2 Å². The van der Waals surface area contributed by atoms with Crippen LogP contribution >= 0.6 is 0 Å². The third kappa shape index (κ3) is 4.54. The molecule has 8 atom stereocenters. The van der Waals surface area contributed by atoms with E-state index >= 15 is 4.39 Å². The zero-order chi connectivity index (χ0) is 31.4. The molecule has 0 saturated heterocycles. The molecule has 0 spiro atoms. The average molecular weight is 594 g/mol. The summed E-state index contributed by atoms with van der Waals surface area (Å²) in [5, 5.41) is 11.9. The number of ketones is 1. The summed E-state index contributed by atoms with van der Waals surface area (Å²) < 4.78 is 29.2. The van der Waals surface area contributed by atoms with Crippen LogP contribution in [0.15, 0.2) is 53.1 Å². The summed E-state index contributed by atoms with van der Waals surface area (Å²) in [5.74, 6) is -2.98. The highest BCUT2D eigenvalue weighted by atomic mass is 19.1. The van der Waals surface area contributed by atoms with E-state index in [2.05, 4.69) is 0 Å². The van der Waals surface area contributed by atoms with Crippen LogP contribution in [0.4, 0.5) is 10.1 Å². The lowest BCUT2D eigenvalue weighted by molar-refractivity contribution is -0.228. The number of esters is 2. The number of para-hydroxylation sites is 1. The standard InChI is InChI=1S/C35H44FNO6/c1-7-30(40)42-20-29(39)35(43-31(41)8-2)22(4)17-26-25-14-13-23-18-24(37-27-12-10-9-11-21(27)3)15-16-32(23,5)34(25,36)28(38)19-33(26,35)6/h9-12,15-16,18,22,25-26,28,38H,7-8,13-14,17,19-20H2,1-6H3/t22-,25-,26-,28-,32-,33-,34-,35-/m0/s1. The van der Waals surface area contributed by atoms with Crippen molar-refractivity contribution in [3.8, 4) is 0 Å². The molecule has 43 heavy (non-hydrogen) atoms. The van der Waals surface area contributed by atoms with Crippen molar-refractivity contribution >= 4 is 29.1 Å². The molecule has 7 nitrogen and oxygen atoms in total. The molecular formula is C35H44FNO6. The number of aryl methyl sites for hydroxylation is 1. The number of aliphatic hydroxyl groups is 1. The molecule has 0 aromatic heterocycles. The second kappa shape index (κ2) is 11.1. The van der Waals surface area contributed by atoms with Gasteiger partial charge in [0.1, 0.15) is 0 Å². The molecule has 3 fully saturated rings. The molecule has 4 aliphatic carbocycles. The van der Waals surface area contributed by atoms with Gasteiger partial charge < -0.3 is 14.6 Å². The van der Waals surface area contributed by atoms with Gasteiger partial charge in [-0.05, 0) is 69.2 Å². The molecule has 3 saturated carbocycles. The molecule has 0 unspecified atom stereocenters. The summed E-state index contributed by atoms with van der Waals surface area (Å²) >= 11 is 0. The fourth-order valence-corrected chi connectivity index (χ4v) is 8.91. The number of aliphatic hydroxyl groups excluding tert-OH is 1. The fraction of sp³-hybridized carbons (Fsp3) is 0.600. The first kappa shape index (κ1) is 31.3. The molecule has 0 amide bonds. The summed E-state index contributed by atoms with van der Waals surface area (Å²) in [6.45, 7) is 10.3. The number of Topliss-reactive ketones (excluding diaryl/α,β-unsaturated/α-hetero) is 1. The van der Waals surface area contributed by atoms with Crippen molar-refractivity contribution in [3.05, 3.63) is 53.6 Å². The van der Waals surface area contributed by atoms with E-state index in [-0.39, 0.29) is 25.2 Å².